The molecule has 2 fully saturated rings. The van der Waals surface area contributed by atoms with Crippen molar-refractivity contribution < 1.29 is 17.9 Å². The van der Waals surface area contributed by atoms with Crippen LogP contribution in [0.25, 0.3) is 0 Å². The van der Waals surface area contributed by atoms with E-state index in [4.69, 9.17) is 9.47 Å². The predicted molar refractivity (Wildman–Crippen MR) is 88.1 cm³/mol. The largest absolute Gasteiger partial charge is 0.490 e. The molecular weight excluding hydrogens is 314 g/mol. The standard InChI is InChI=1S/C17H25NO4S/c1-18(13-16-7-4-12-21-16)23(19,20)17-10-8-15(9-11-17)22-14-5-2-3-6-14/h8-11,14,16H,2-7,12-13H2,1H3. The van der Waals surface area contributed by atoms with Crippen LogP contribution >= 0.6 is 0 Å². The molecular formula is C17H25NO4S. The van der Waals surface area contributed by atoms with Gasteiger partial charge in [0.05, 0.1) is 17.1 Å². The van der Waals surface area contributed by atoms with Crippen molar-refractivity contribution in [2.75, 3.05) is 20.2 Å². The highest BCUT2D eigenvalue weighted by Crippen LogP contribution is 2.26. The van der Waals surface area contributed by atoms with Crippen LogP contribution in [0.5, 0.6) is 5.75 Å². The Balaban J connectivity index is 1.64. The molecule has 1 aliphatic heterocycles. The van der Waals surface area contributed by atoms with Gasteiger partial charge in [-0.3, -0.25) is 0 Å². The number of nitrogens with zero attached hydrogens (tertiary/aromatic N) is 1. The maximum absolute atomic E-state index is 12.6. The van der Waals surface area contributed by atoms with Crippen LogP contribution in [0.4, 0.5) is 0 Å². The van der Waals surface area contributed by atoms with Gasteiger partial charge in [0.1, 0.15) is 5.75 Å². The van der Waals surface area contributed by atoms with Gasteiger partial charge in [0.15, 0.2) is 0 Å². The van der Waals surface area contributed by atoms with Crippen molar-refractivity contribution in [3.63, 3.8) is 0 Å². The van der Waals surface area contributed by atoms with Crippen molar-refractivity contribution in [1.29, 1.82) is 0 Å². The van der Waals surface area contributed by atoms with E-state index in [-0.39, 0.29) is 12.2 Å². The lowest BCUT2D eigenvalue weighted by Gasteiger charge is -2.21. The lowest BCUT2D eigenvalue weighted by molar-refractivity contribution is 0.0979. The van der Waals surface area contributed by atoms with Crippen molar-refractivity contribution in [2.45, 2.75) is 55.6 Å². The molecule has 1 atom stereocenters. The predicted octanol–water partition coefficient (Wildman–Crippen LogP) is 2.81. The first kappa shape index (κ1) is 16.7. The van der Waals surface area contributed by atoms with Gasteiger partial charge in [-0.1, -0.05) is 0 Å². The first-order valence-corrected chi connectivity index (χ1v) is 9.84. The van der Waals surface area contributed by atoms with E-state index in [2.05, 4.69) is 0 Å². The van der Waals surface area contributed by atoms with E-state index in [9.17, 15) is 8.42 Å². The van der Waals surface area contributed by atoms with Crippen molar-refractivity contribution in [3.05, 3.63) is 24.3 Å². The van der Waals surface area contributed by atoms with Gasteiger partial charge in [-0.25, -0.2) is 8.42 Å². The normalized spacial score (nSPS) is 22.8. The van der Waals surface area contributed by atoms with Crippen LogP contribution < -0.4 is 4.74 Å². The Morgan fingerprint density at radius 1 is 1.13 bits per heavy atom. The molecule has 1 aliphatic carbocycles. The second-order valence-corrected chi connectivity index (χ2v) is 8.46. The van der Waals surface area contributed by atoms with Crippen LogP contribution in [0.15, 0.2) is 29.2 Å². The van der Waals surface area contributed by atoms with E-state index in [0.29, 0.717) is 11.4 Å². The number of hydrogen-bond acceptors (Lipinski definition) is 4. The minimum atomic E-state index is -3.47. The van der Waals surface area contributed by atoms with E-state index >= 15 is 0 Å². The molecule has 5 nitrogen and oxygen atoms in total. The number of sulfonamides is 1. The summed E-state index contributed by atoms with van der Waals surface area (Å²) in [5.74, 6) is 0.748. The topological polar surface area (TPSA) is 55.8 Å². The Morgan fingerprint density at radius 2 is 1.83 bits per heavy atom. The fraction of sp³-hybridized carbons (Fsp3) is 0.647. The van der Waals surface area contributed by atoms with Gasteiger partial charge in [0, 0.05) is 20.2 Å². The molecule has 0 spiro atoms. The van der Waals surface area contributed by atoms with Gasteiger partial charge in [-0.05, 0) is 62.8 Å². The highest BCUT2D eigenvalue weighted by Gasteiger charge is 2.26. The molecule has 1 unspecified atom stereocenters. The average Bonchev–Trinajstić information content (AvgIpc) is 3.21. The molecule has 23 heavy (non-hydrogen) atoms. The Bertz CT molecular complexity index is 602. The van der Waals surface area contributed by atoms with Crippen LogP contribution in [-0.4, -0.2) is 45.1 Å². The van der Waals surface area contributed by atoms with Crippen molar-refractivity contribution in [3.8, 4) is 5.75 Å². The molecule has 1 saturated carbocycles. The summed E-state index contributed by atoms with van der Waals surface area (Å²) in [6, 6.07) is 6.77. The van der Waals surface area contributed by atoms with Crippen molar-refractivity contribution in [1.82, 2.24) is 4.31 Å². The molecule has 6 heteroatoms. The number of hydrogen-bond donors (Lipinski definition) is 0. The van der Waals surface area contributed by atoms with Gasteiger partial charge in [-0.15, -0.1) is 0 Å². The van der Waals surface area contributed by atoms with E-state index in [0.717, 1.165) is 38.0 Å². The van der Waals surface area contributed by atoms with Crippen LogP contribution in [-0.2, 0) is 14.8 Å². The van der Waals surface area contributed by atoms with Crippen LogP contribution in [0.2, 0.25) is 0 Å². The Hall–Kier alpha value is -1.11. The first-order valence-electron chi connectivity index (χ1n) is 8.40. The number of benzene rings is 1. The quantitative estimate of drug-likeness (QED) is 0.800. The van der Waals surface area contributed by atoms with E-state index in [1.54, 1.807) is 31.3 Å². The van der Waals surface area contributed by atoms with Gasteiger partial charge < -0.3 is 9.47 Å². The highest BCUT2D eigenvalue weighted by molar-refractivity contribution is 7.89. The fourth-order valence-corrected chi connectivity index (χ4v) is 4.44. The zero-order valence-electron chi connectivity index (χ0n) is 13.6. The van der Waals surface area contributed by atoms with Gasteiger partial charge >= 0.3 is 0 Å². The first-order chi connectivity index (χ1) is 11.1. The smallest absolute Gasteiger partial charge is 0.242 e. The third-order valence-corrected chi connectivity index (χ3v) is 6.46. The number of ether oxygens (including phenoxy) is 2. The summed E-state index contributed by atoms with van der Waals surface area (Å²) in [7, 11) is -1.86. The summed E-state index contributed by atoms with van der Waals surface area (Å²) in [5.41, 5.74) is 0. The third kappa shape index (κ3) is 4.05. The summed E-state index contributed by atoms with van der Waals surface area (Å²) in [6.45, 7) is 1.13. The van der Waals surface area contributed by atoms with Crippen LogP contribution in [0, 0.1) is 0 Å². The second kappa shape index (κ2) is 7.20. The molecule has 0 N–H and O–H groups in total. The minimum absolute atomic E-state index is 0.0137. The summed E-state index contributed by atoms with van der Waals surface area (Å²) < 4.78 is 38.0. The zero-order valence-corrected chi connectivity index (χ0v) is 14.4. The molecule has 1 heterocycles. The maximum Gasteiger partial charge on any atom is 0.242 e. The Kier molecular flexibility index (Phi) is 5.24. The van der Waals surface area contributed by atoms with Crippen molar-refractivity contribution in [2.24, 2.45) is 0 Å². The third-order valence-electron chi connectivity index (χ3n) is 4.62. The molecule has 0 aromatic heterocycles. The van der Waals surface area contributed by atoms with Gasteiger partial charge in [0.2, 0.25) is 10.0 Å². The molecule has 0 radical (unpaired) electrons. The Labute approximate surface area is 138 Å². The SMILES string of the molecule is CN(CC1CCCO1)S(=O)(=O)c1ccc(OC2CCCC2)cc1. The molecule has 1 aromatic carbocycles. The molecule has 1 saturated heterocycles. The summed E-state index contributed by atoms with van der Waals surface area (Å²) in [4.78, 5) is 0.303. The van der Waals surface area contributed by atoms with E-state index < -0.39 is 10.0 Å². The van der Waals surface area contributed by atoms with E-state index in [1.165, 1.54) is 17.1 Å². The minimum Gasteiger partial charge on any atom is -0.490 e. The molecule has 2 aliphatic rings. The molecule has 0 bridgehead atoms. The molecule has 1 aromatic rings. The fourth-order valence-electron chi connectivity index (χ4n) is 3.24. The summed E-state index contributed by atoms with van der Waals surface area (Å²) in [5, 5.41) is 0. The Morgan fingerprint density at radius 3 is 2.43 bits per heavy atom. The van der Waals surface area contributed by atoms with Gasteiger partial charge in [0.25, 0.3) is 0 Å². The number of rotatable bonds is 6. The molecule has 0 amide bonds. The highest BCUT2D eigenvalue weighted by atomic mass is 32.2. The molecule has 3 rings (SSSR count). The van der Waals surface area contributed by atoms with Crippen LogP contribution in [0.1, 0.15) is 38.5 Å². The maximum atomic E-state index is 12.6. The van der Waals surface area contributed by atoms with E-state index in [1.807, 2.05) is 0 Å². The second-order valence-electron chi connectivity index (χ2n) is 6.42. The zero-order chi connectivity index (χ0) is 16.3. The number of likely N-dealkylation sites (N-methyl/N-ethyl adjacent to an activating group) is 1. The van der Waals surface area contributed by atoms with Crippen molar-refractivity contribution >= 4 is 10.0 Å². The van der Waals surface area contributed by atoms with Gasteiger partial charge in [-0.2, -0.15) is 4.31 Å². The summed E-state index contributed by atoms with van der Waals surface area (Å²) >= 11 is 0. The average molecular weight is 339 g/mol. The molecule has 128 valence electrons. The van der Waals surface area contributed by atoms with Crippen LogP contribution in [0.3, 0.4) is 0 Å². The monoisotopic (exact) mass is 339 g/mol. The lowest BCUT2D eigenvalue weighted by atomic mass is 10.2. The lowest BCUT2D eigenvalue weighted by Crippen LogP contribution is -2.34. The summed E-state index contributed by atoms with van der Waals surface area (Å²) in [6.07, 6.45) is 6.82.